The normalized spacial score (nSPS) is 17.9. The van der Waals surface area contributed by atoms with Crippen molar-refractivity contribution in [1.82, 2.24) is 20.2 Å². The van der Waals surface area contributed by atoms with Crippen LogP contribution in [0, 0.1) is 0 Å². The van der Waals surface area contributed by atoms with Crippen molar-refractivity contribution in [2.24, 2.45) is 0 Å². The summed E-state index contributed by atoms with van der Waals surface area (Å²) in [6.07, 6.45) is 3.61. The zero-order valence-corrected chi connectivity index (χ0v) is 9.73. The molecule has 5 heteroatoms. The fourth-order valence-corrected chi connectivity index (χ4v) is 1.90. The maximum absolute atomic E-state index is 11.7. The van der Waals surface area contributed by atoms with Crippen molar-refractivity contribution in [3.63, 3.8) is 0 Å². The Hall–Kier alpha value is -1.36. The first-order chi connectivity index (χ1) is 7.74. The van der Waals surface area contributed by atoms with E-state index in [1.54, 1.807) is 6.33 Å². The van der Waals surface area contributed by atoms with Gasteiger partial charge in [0.1, 0.15) is 6.04 Å². The van der Waals surface area contributed by atoms with E-state index >= 15 is 0 Å². The first-order valence-corrected chi connectivity index (χ1v) is 5.74. The molecule has 0 radical (unpaired) electrons. The van der Waals surface area contributed by atoms with Gasteiger partial charge in [0.15, 0.2) is 0 Å². The third kappa shape index (κ3) is 1.95. The Labute approximate surface area is 95.2 Å². The quantitative estimate of drug-likeness (QED) is 0.768. The zero-order valence-electron chi connectivity index (χ0n) is 9.73. The predicted octanol–water partition coefficient (Wildman–Crippen LogP) is 0.267. The van der Waals surface area contributed by atoms with Crippen molar-refractivity contribution in [2.75, 3.05) is 19.6 Å². The molecule has 1 atom stereocenters. The molecule has 0 aromatic carbocycles. The summed E-state index contributed by atoms with van der Waals surface area (Å²) in [4.78, 5) is 15.9. The highest BCUT2D eigenvalue weighted by atomic mass is 16.2. The number of hydrogen-bond acceptors (Lipinski definition) is 3. The van der Waals surface area contributed by atoms with Gasteiger partial charge in [-0.05, 0) is 13.8 Å². The molecule has 5 nitrogen and oxygen atoms in total. The molecular weight excluding hydrogens is 204 g/mol. The van der Waals surface area contributed by atoms with Crippen molar-refractivity contribution in [1.29, 1.82) is 0 Å². The van der Waals surface area contributed by atoms with E-state index in [0.29, 0.717) is 12.5 Å². The summed E-state index contributed by atoms with van der Waals surface area (Å²) in [5, 5.41) is 6.06. The molecular formula is C11H18N4O. The third-order valence-electron chi connectivity index (χ3n) is 3.04. The minimum Gasteiger partial charge on any atom is -0.355 e. The summed E-state index contributed by atoms with van der Waals surface area (Å²) in [5.41, 5.74) is 1.15. The monoisotopic (exact) mass is 222 g/mol. The van der Waals surface area contributed by atoms with Crippen LogP contribution in [0.3, 0.4) is 0 Å². The van der Waals surface area contributed by atoms with E-state index in [9.17, 15) is 4.79 Å². The van der Waals surface area contributed by atoms with Crippen molar-refractivity contribution in [2.45, 2.75) is 25.8 Å². The Bertz CT molecular complexity index is 370. The summed E-state index contributed by atoms with van der Waals surface area (Å²) in [6, 6.07) is -0.182. The van der Waals surface area contributed by atoms with Crippen molar-refractivity contribution < 1.29 is 4.79 Å². The molecule has 1 amide bonds. The number of nitrogens with one attached hydrogen (secondary N) is 2. The Morgan fingerprint density at radius 2 is 2.50 bits per heavy atom. The summed E-state index contributed by atoms with van der Waals surface area (Å²) in [5.74, 6) is 0.549. The van der Waals surface area contributed by atoms with Gasteiger partial charge in [-0.3, -0.25) is 4.79 Å². The number of carbonyl (C=O) groups excluding carboxylic acids is 1. The second-order valence-electron chi connectivity index (χ2n) is 4.15. The summed E-state index contributed by atoms with van der Waals surface area (Å²) < 4.78 is 1.97. The molecule has 0 bridgehead atoms. The van der Waals surface area contributed by atoms with E-state index in [2.05, 4.69) is 15.6 Å². The molecule has 1 unspecified atom stereocenters. The lowest BCUT2D eigenvalue weighted by atomic mass is 9.99. The van der Waals surface area contributed by atoms with E-state index in [4.69, 9.17) is 0 Å². The first-order valence-electron chi connectivity index (χ1n) is 5.74. The number of rotatable bonds is 4. The van der Waals surface area contributed by atoms with E-state index in [1.165, 1.54) is 0 Å². The molecule has 1 aromatic heterocycles. The Kier molecular flexibility index (Phi) is 3.24. The van der Waals surface area contributed by atoms with E-state index < -0.39 is 0 Å². The van der Waals surface area contributed by atoms with Crippen LogP contribution < -0.4 is 10.6 Å². The molecule has 2 rings (SSSR count). The van der Waals surface area contributed by atoms with Gasteiger partial charge < -0.3 is 15.2 Å². The summed E-state index contributed by atoms with van der Waals surface area (Å²) >= 11 is 0. The SMILES string of the molecule is CCNC(=O)C(C)n1cncc1C1CNC1. The Morgan fingerprint density at radius 3 is 3.06 bits per heavy atom. The number of nitrogens with zero attached hydrogens (tertiary/aromatic N) is 2. The Morgan fingerprint density at radius 1 is 1.75 bits per heavy atom. The van der Waals surface area contributed by atoms with Crippen LogP contribution in [0.4, 0.5) is 0 Å². The molecule has 0 aliphatic carbocycles. The lowest BCUT2D eigenvalue weighted by Crippen LogP contribution is -2.42. The van der Waals surface area contributed by atoms with Crippen LogP contribution in [-0.4, -0.2) is 35.1 Å². The molecule has 1 aliphatic heterocycles. The predicted molar refractivity (Wildman–Crippen MR) is 61.2 cm³/mol. The molecule has 16 heavy (non-hydrogen) atoms. The summed E-state index contributed by atoms with van der Waals surface area (Å²) in [6.45, 7) is 6.46. The van der Waals surface area contributed by atoms with E-state index in [0.717, 1.165) is 18.8 Å². The van der Waals surface area contributed by atoms with Gasteiger partial charge in [0.05, 0.1) is 6.33 Å². The molecule has 1 aromatic rings. The number of hydrogen-bond donors (Lipinski definition) is 2. The highest BCUT2D eigenvalue weighted by Crippen LogP contribution is 2.22. The molecule has 1 aliphatic rings. The lowest BCUT2D eigenvalue weighted by molar-refractivity contribution is -0.123. The highest BCUT2D eigenvalue weighted by molar-refractivity contribution is 5.79. The molecule has 0 spiro atoms. The topological polar surface area (TPSA) is 59.0 Å². The van der Waals surface area contributed by atoms with Gasteiger partial charge in [0.2, 0.25) is 5.91 Å². The third-order valence-corrected chi connectivity index (χ3v) is 3.04. The lowest BCUT2D eigenvalue weighted by Gasteiger charge is -2.29. The minimum atomic E-state index is -0.182. The van der Waals surface area contributed by atoms with Crippen LogP contribution in [0.1, 0.15) is 31.5 Å². The molecule has 2 heterocycles. The second kappa shape index (κ2) is 4.65. The maximum Gasteiger partial charge on any atom is 0.242 e. The highest BCUT2D eigenvalue weighted by Gasteiger charge is 2.25. The fourth-order valence-electron chi connectivity index (χ4n) is 1.90. The average Bonchev–Trinajstić information content (AvgIpc) is 2.63. The van der Waals surface area contributed by atoms with Crippen LogP contribution in [0.2, 0.25) is 0 Å². The summed E-state index contributed by atoms with van der Waals surface area (Å²) in [7, 11) is 0. The number of aromatic nitrogens is 2. The zero-order chi connectivity index (χ0) is 11.5. The van der Waals surface area contributed by atoms with Gasteiger partial charge in [-0.1, -0.05) is 0 Å². The Balaban J connectivity index is 2.13. The van der Waals surface area contributed by atoms with Gasteiger partial charge in [-0.15, -0.1) is 0 Å². The molecule has 0 saturated carbocycles. The van der Waals surface area contributed by atoms with Crippen LogP contribution >= 0.6 is 0 Å². The van der Waals surface area contributed by atoms with Crippen molar-refractivity contribution in [3.05, 3.63) is 18.2 Å². The molecule has 1 saturated heterocycles. The standard InChI is InChI=1S/C11H18N4O/c1-3-14-11(16)8(2)15-7-13-6-10(15)9-4-12-5-9/h6-9,12H,3-5H2,1-2H3,(H,14,16). The number of carbonyl (C=O) groups is 1. The second-order valence-corrected chi connectivity index (χ2v) is 4.15. The average molecular weight is 222 g/mol. The van der Waals surface area contributed by atoms with Gasteiger partial charge in [-0.25, -0.2) is 4.98 Å². The number of imidazole rings is 1. The molecule has 88 valence electrons. The van der Waals surface area contributed by atoms with E-state index in [1.807, 2.05) is 24.6 Å². The van der Waals surface area contributed by atoms with Gasteiger partial charge in [-0.2, -0.15) is 0 Å². The number of likely N-dealkylation sites (N-methyl/N-ethyl adjacent to an activating group) is 1. The largest absolute Gasteiger partial charge is 0.355 e. The van der Waals surface area contributed by atoms with Gasteiger partial charge >= 0.3 is 0 Å². The van der Waals surface area contributed by atoms with Gasteiger partial charge in [0.25, 0.3) is 0 Å². The van der Waals surface area contributed by atoms with E-state index in [-0.39, 0.29) is 11.9 Å². The van der Waals surface area contributed by atoms with Crippen LogP contribution in [0.5, 0.6) is 0 Å². The molecule has 2 N–H and O–H groups in total. The van der Waals surface area contributed by atoms with Crippen molar-refractivity contribution >= 4 is 5.91 Å². The smallest absolute Gasteiger partial charge is 0.242 e. The van der Waals surface area contributed by atoms with Crippen molar-refractivity contribution in [3.8, 4) is 0 Å². The maximum atomic E-state index is 11.7. The first kappa shape index (κ1) is 11.1. The van der Waals surface area contributed by atoms with Crippen LogP contribution in [0.25, 0.3) is 0 Å². The fraction of sp³-hybridized carbons (Fsp3) is 0.636. The van der Waals surface area contributed by atoms with Crippen LogP contribution in [-0.2, 0) is 4.79 Å². The van der Waals surface area contributed by atoms with Gasteiger partial charge in [0, 0.05) is 37.4 Å². The van der Waals surface area contributed by atoms with Crippen LogP contribution in [0.15, 0.2) is 12.5 Å². The minimum absolute atomic E-state index is 0.0500. The molecule has 1 fully saturated rings. The number of amides is 1.